The predicted octanol–water partition coefficient (Wildman–Crippen LogP) is 3.09. The fourth-order valence-electron chi connectivity index (χ4n) is 1.96. The molecule has 0 saturated carbocycles. The van der Waals surface area contributed by atoms with E-state index < -0.39 is 13.3 Å². The molecule has 4 nitrogen and oxygen atoms in total. The smallest absolute Gasteiger partial charge is 0.332 e. The molecule has 5 heteroatoms. The second-order valence-electron chi connectivity index (χ2n) is 4.20. The highest BCUT2D eigenvalue weighted by molar-refractivity contribution is 7.52. The van der Waals surface area contributed by atoms with Gasteiger partial charge in [-0.3, -0.25) is 4.57 Å². The Balaban J connectivity index is 2.62. The van der Waals surface area contributed by atoms with Gasteiger partial charge in [-0.1, -0.05) is 24.3 Å². The van der Waals surface area contributed by atoms with E-state index in [4.69, 9.17) is 4.74 Å². The Labute approximate surface area is 105 Å². The normalized spacial score (nSPS) is 13.6. The lowest BCUT2D eigenvalue weighted by molar-refractivity contribution is 0.362. The van der Waals surface area contributed by atoms with Gasteiger partial charge in [0.25, 0.3) is 0 Å². The van der Waals surface area contributed by atoms with Gasteiger partial charge in [-0.2, -0.15) is 0 Å². The summed E-state index contributed by atoms with van der Waals surface area (Å²) < 4.78 is 16.5. The van der Waals surface area contributed by atoms with Crippen molar-refractivity contribution in [2.75, 3.05) is 7.11 Å². The molecule has 0 unspecified atom stereocenters. The highest BCUT2D eigenvalue weighted by atomic mass is 31.2. The predicted molar refractivity (Wildman–Crippen MR) is 71.0 cm³/mol. The molecule has 0 spiro atoms. The van der Waals surface area contributed by atoms with Crippen LogP contribution in [0.4, 0.5) is 0 Å². The number of hydrogen-bond acceptors (Lipinski definition) is 2. The Morgan fingerprint density at radius 1 is 1.22 bits per heavy atom. The molecule has 0 radical (unpaired) electrons. The highest BCUT2D eigenvalue weighted by Crippen LogP contribution is 2.52. The number of fused-ring (bicyclic) bond motifs is 1. The summed E-state index contributed by atoms with van der Waals surface area (Å²) >= 11 is 0. The molecule has 2 N–H and O–H groups in total. The number of methoxy groups -OCH3 is 1. The first-order chi connectivity index (χ1) is 8.43. The minimum absolute atomic E-state index is 0.656. The summed E-state index contributed by atoms with van der Waals surface area (Å²) in [5, 5.41) is 1.75. The average Bonchev–Trinajstić information content (AvgIpc) is 2.35. The van der Waals surface area contributed by atoms with Gasteiger partial charge in [0.05, 0.1) is 12.8 Å². The van der Waals surface area contributed by atoms with Crippen molar-refractivity contribution in [3.63, 3.8) is 0 Å². The van der Waals surface area contributed by atoms with Gasteiger partial charge in [-0.15, -0.1) is 0 Å². The molecule has 0 bridgehead atoms. The van der Waals surface area contributed by atoms with Crippen molar-refractivity contribution in [3.05, 3.63) is 42.0 Å². The van der Waals surface area contributed by atoms with Crippen LogP contribution in [-0.2, 0) is 4.57 Å². The summed E-state index contributed by atoms with van der Waals surface area (Å²) in [6, 6.07) is 10.9. The van der Waals surface area contributed by atoms with Crippen molar-refractivity contribution in [2.24, 2.45) is 0 Å². The van der Waals surface area contributed by atoms with E-state index in [9.17, 15) is 14.4 Å². The Morgan fingerprint density at radius 2 is 1.94 bits per heavy atom. The van der Waals surface area contributed by atoms with Crippen LogP contribution in [0, 0.1) is 0 Å². The highest BCUT2D eigenvalue weighted by Gasteiger charge is 2.26. The molecule has 18 heavy (non-hydrogen) atoms. The van der Waals surface area contributed by atoms with Gasteiger partial charge >= 0.3 is 7.60 Å². The Hall–Kier alpha value is -1.35. The number of ether oxygens (including phenoxy) is 1. The maximum absolute atomic E-state index is 11.4. The fourth-order valence-corrected chi connectivity index (χ4v) is 2.55. The molecule has 0 heterocycles. The van der Waals surface area contributed by atoms with Crippen LogP contribution < -0.4 is 4.74 Å². The maximum atomic E-state index is 11.4. The molecule has 0 saturated heterocycles. The van der Waals surface area contributed by atoms with Crippen molar-refractivity contribution in [2.45, 2.75) is 12.6 Å². The maximum Gasteiger partial charge on any atom is 0.332 e. The molecule has 0 aliphatic rings. The molecule has 1 atom stereocenters. The lowest BCUT2D eigenvalue weighted by Crippen LogP contribution is -1.96. The third kappa shape index (κ3) is 2.41. The molecule has 2 aromatic rings. The lowest BCUT2D eigenvalue weighted by atomic mass is 10.0. The molecular weight excluding hydrogens is 251 g/mol. The van der Waals surface area contributed by atoms with Crippen LogP contribution in [0.15, 0.2) is 36.4 Å². The van der Waals surface area contributed by atoms with Gasteiger partial charge in [-0.25, -0.2) is 0 Å². The largest absolute Gasteiger partial charge is 0.497 e. The van der Waals surface area contributed by atoms with Crippen LogP contribution in [0.25, 0.3) is 10.8 Å². The van der Waals surface area contributed by atoms with Crippen molar-refractivity contribution in [3.8, 4) is 5.75 Å². The molecule has 96 valence electrons. The number of hydrogen-bond donors (Lipinski definition) is 2. The molecule has 0 fully saturated rings. The topological polar surface area (TPSA) is 66.8 Å². The number of benzene rings is 2. The molecular formula is C13H15O4P. The summed E-state index contributed by atoms with van der Waals surface area (Å²) in [6.45, 7) is 1.54. The van der Waals surface area contributed by atoms with Crippen LogP contribution in [0.5, 0.6) is 5.75 Å². The third-order valence-electron chi connectivity index (χ3n) is 3.08. The van der Waals surface area contributed by atoms with E-state index in [1.54, 1.807) is 32.2 Å². The van der Waals surface area contributed by atoms with E-state index in [1.807, 2.05) is 18.2 Å². The quantitative estimate of drug-likeness (QED) is 0.838. The van der Waals surface area contributed by atoms with E-state index >= 15 is 0 Å². The summed E-state index contributed by atoms with van der Waals surface area (Å²) in [4.78, 5) is 18.6. The Kier molecular flexibility index (Phi) is 3.44. The van der Waals surface area contributed by atoms with Crippen molar-refractivity contribution in [1.29, 1.82) is 0 Å². The first kappa shape index (κ1) is 13.1. The van der Waals surface area contributed by atoms with Gasteiger partial charge in [0.15, 0.2) is 0 Å². The van der Waals surface area contributed by atoms with Crippen LogP contribution >= 0.6 is 7.60 Å². The van der Waals surface area contributed by atoms with Crippen LogP contribution in [0.2, 0.25) is 0 Å². The van der Waals surface area contributed by atoms with Crippen LogP contribution in [0.1, 0.15) is 18.1 Å². The third-order valence-corrected chi connectivity index (χ3v) is 4.36. The SMILES string of the molecule is COc1ccc2c([C@@H](C)P(=O)(O)O)cccc2c1. The van der Waals surface area contributed by atoms with Gasteiger partial charge in [0.2, 0.25) is 0 Å². The molecule has 2 rings (SSSR count). The van der Waals surface area contributed by atoms with Crippen molar-refractivity contribution in [1.82, 2.24) is 0 Å². The van der Waals surface area contributed by atoms with Gasteiger partial charge in [-0.05, 0) is 35.4 Å². The van der Waals surface area contributed by atoms with E-state index in [1.165, 1.54) is 0 Å². The zero-order valence-electron chi connectivity index (χ0n) is 10.2. The van der Waals surface area contributed by atoms with Gasteiger partial charge < -0.3 is 14.5 Å². The first-order valence-corrected chi connectivity index (χ1v) is 7.23. The zero-order valence-corrected chi connectivity index (χ0v) is 11.1. The van der Waals surface area contributed by atoms with Crippen molar-refractivity contribution < 1.29 is 19.1 Å². The first-order valence-electron chi connectivity index (χ1n) is 5.55. The molecule has 0 amide bonds. The zero-order chi connectivity index (χ0) is 13.3. The molecule has 0 aliphatic heterocycles. The summed E-state index contributed by atoms with van der Waals surface area (Å²) in [6.07, 6.45) is 0. The summed E-state index contributed by atoms with van der Waals surface area (Å²) in [5.74, 6) is 0.725. The standard InChI is InChI=1S/C13H15O4P/c1-9(18(14,15)16)12-5-3-4-10-8-11(17-2)6-7-13(10)12/h3-9H,1-2H3,(H2,14,15,16)/t9-/m1/s1. The van der Waals surface area contributed by atoms with E-state index in [0.717, 1.165) is 16.5 Å². The van der Waals surface area contributed by atoms with Crippen LogP contribution in [0.3, 0.4) is 0 Å². The monoisotopic (exact) mass is 266 g/mol. The van der Waals surface area contributed by atoms with Gasteiger partial charge in [0, 0.05) is 0 Å². The Bertz CT molecular complexity index is 617. The van der Waals surface area contributed by atoms with Gasteiger partial charge in [0.1, 0.15) is 5.75 Å². The molecule has 0 aromatic heterocycles. The molecule has 2 aromatic carbocycles. The summed E-state index contributed by atoms with van der Waals surface area (Å²) in [5.41, 5.74) is -0.155. The minimum Gasteiger partial charge on any atom is -0.497 e. The fraction of sp³-hybridized carbons (Fsp3) is 0.231. The molecule has 0 aliphatic carbocycles. The van der Waals surface area contributed by atoms with E-state index in [0.29, 0.717) is 5.56 Å². The summed E-state index contributed by atoms with van der Waals surface area (Å²) in [7, 11) is -2.55. The minimum atomic E-state index is -4.13. The van der Waals surface area contributed by atoms with Crippen LogP contribution in [-0.4, -0.2) is 16.9 Å². The number of rotatable bonds is 3. The second kappa shape index (κ2) is 4.73. The van der Waals surface area contributed by atoms with E-state index in [2.05, 4.69) is 0 Å². The second-order valence-corrected chi connectivity index (χ2v) is 6.15. The average molecular weight is 266 g/mol. The lowest BCUT2D eigenvalue weighted by Gasteiger charge is -2.16. The van der Waals surface area contributed by atoms with E-state index in [-0.39, 0.29) is 0 Å². The Morgan fingerprint density at radius 3 is 2.56 bits per heavy atom. The van der Waals surface area contributed by atoms with Crippen molar-refractivity contribution >= 4 is 18.4 Å².